The van der Waals surface area contributed by atoms with Gasteiger partial charge in [0.15, 0.2) is 0 Å². The first kappa shape index (κ1) is 5.83. The van der Waals surface area contributed by atoms with Gasteiger partial charge in [0.1, 0.15) is 0 Å². The summed E-state index contributed by atoms with van der Waals surface area (Å²) in [6.45, 7) is 1.86. The number of rotatable bonds is 0. The van der Waals surface area contributed by atoms with Crippen LogP contribution >= 0.6 is 0 Å². The molecule has 2 nitrogen and oxygen atoms in total. The van der Waals surface area contributed by atoms with Crippen LogP contribution in [0.15, 0.2) is 12.2 Å². The molecule has 10 heavy (non-hydrogen) atoms. The summed E-state index contributed by atoms with van der Waals surface area (Å²) in [6.07, 6.45) is 4.12. The molecule has 0 unspecified atom stereocenters. The molecule has 1 fully saturated rings. The molecule has 0 aromatic rings. The van der Waals surface area contributed by atoms with E-state index in [1.807, 2.05) is 13.0 Å². The molecule has 2 rings (SSSR count). The minimum absolute atomic E-state index is 0.194. The van der Waals surface area contributed by atoms with Crippen molar-refractivity contribution in [3.8, 4) is 0 Å². The van der Waals surface area contributed by atoms with E-state index in [9.17, 15) is 9.59 Å². The van der Waals surface area contributed by atoms with Crippen molar-refractivity contribution < 1.29 is 9.59 Å². The number of carbonyl (C=O) groups excluding carboxylic acids is 2. The molecule has 52 valence electrons. The van der Waals surface area contributed by atoms with E-state index in [1.165, 1.54) is 6.08 Å². The highest BCUT2D eigenvalue weighted by molar-refractivity contribution is 6.44. The van der Waals surface area contributed by atoms with Crippen molar-refractivity contribution in [3.05, 3.63) is 12.2 Å². The van der Waals surface area contributed by atoms with Gasteiger partial charge >= 0.3 is 0 Å². The highest BCUT2D eigenvalue weighted by atomic mass is 16.2. The Balaban J connectivity index is 2.43. The molecule has 1 saturated carbocycles. The van der Waals surface area contributed by atoms with E-state index in [0.29, 0.717) is 5.92 Å². The van der Waals surface area contributed by atoms with E-state index in [1.54, 1.807) is 0 Å². The molecule has 2 aliphatic rings. The van der Waals surface area contributed by atoms with Crippen molar-refractivity contribution >= 4 is 11.6 Å². The zero-order valence-electron chi connectivity index (χ0n) is 5.76. The lowest BCUT2D eigenvalue weighted by molar-refractivity contribution is -0.137. The van der Waals surface area contributed by atoms with Crippen LogP contribution < -0.4 is 0 Å². The molecular formula is C8H8O2. The third-order valence-corrected chi connectivity index (χ3v) is 2.52. The second-order valence-corrected chi connectivity index (χ2v) is 3.28. The first-order valence-corrected chi connectivity index (χ1v) is 3.41. The summed E-state index contributed by atoms with van der Waals surface area (Å²) in [5.74, 6) is -0.158. The first-order valence-electron chi connectivity index (χ1n) is 3.41. The Morgan fingerprint density at radius 1 is 1.60 bits per heavy atom. The molecule has 0 spiro atoms. The van der Waals surface area contributed by atoms with Gasteiger partial charge in [-0.2, -0.15) is 0 Å². The van der Waals surface area contributed by atoms with E-state index in [-0.39, 0.29) is 17.0 Å². The molecule has 0 saturated heterocycles. The van der Waals surface area contributed by atoms with Crippen LogP contribution in [0, 0.1) is 11.3 Å². The third kappa shape index (κ3) is 0.491. The number of Topliss-reactive ketones (excluding diaryl/α,β-unsaturated/α-hetero) is 1. The van der Waals surface area contributed by atoms with Gasteiger partial charge in [-0.25, -0.2) is 0 Å². The summed E-state index contributed by atoms with van der Waals surface area (Å²) in [4.78, 5) is 21.9. The van der Waals surface area contributed by atoms with Crippen molar-refractivity contribution in [1.29, 1.82) is 0 Å². The number of hydrogen-bond donors (Lipinski definition) is 0. The van der Waals surface area contributed by atoms with E-state index in [4.69, 9.17) is 0 Å². The van der Waals surface area contributed by atoms with Crippen LogP contribution in [0.25, 0.3) is 0 Å². The molecule has 0 aromatic heterocycles. The summed E-state index contributed by atoms with van der Waals surface area (Å²) in [6, 6.07) is 0. The van der Waals surface area contributed by atoms with Gasteiger partial charge in [0.25, 0.3) is 0 Å². The molecule has 0 aliphatic heterocycles. The van der Waals surface area contributed by atoms with Gasteiger partial charge in [0.05, 0.1) is 0 Å². The number of hydrogen-bond acceptors (Lipinski definition) is 2. The summed E-state index contributed by atoms with van der Waals surface area (Å²) in [5, 5.41) is 0. The Morgan fingerprint density at radius 2 is 2.30 bits per heavy atom. The van der Waals surface area contributed by atoms with E-state index >= 15 is 0 Å². The van der Waals surface area contributed by atoms with Crippen molar-refractivity contribution in [2.24, 2.45) is 11.3 Å². The largest absolute Gasteiger partial charge is 0.290 e. The number of ketones is 2. The average Bonchev–Trinajstić information content (AvgIpc) is 2.55. The third-order valence-electron chi connectivity index (χ3n) is 2.52. The minimum Gasteiger partial charge on any atom is -0.290 e. The lowest BCUT2D eigenvalue weighted by Crippen LogP contribution is -2.25. The topological polar surface area (TPSA) is 34.1 Å². The van der Waals surface area contributed by atoms with Crippen LogP contribution in [0.2, 0.25) is 0 Å². The summed E-state index contributed by atoms with van der Waals surface area (Å²) < 4.78 is 0. The quantitative estimate of drug-likeness (QED) is 0.460. The maximum atomic E-state index is 11.1. The molecule has 0 heterocycles. The molecule has 0 aromatic carbocycles. The Morgan fingerprint density at radius 3 is 2.90 bits per heavy atom. The summed E-state index contributed by atoms with van der Waals surface area (Å²) in [7, 11) is 0. The Hall–Kier alpha value is -0.920. The lowest BCUT2D eigenvalue weighted by atomic mass is 9.93. The van der Waals surface area contributed by atoms with Crippen molar-refractivity contribution in [1.82, 2.24) is 0 Å². The zero-order valence-corrected chi connectivity index (χ0v) is 5.76. The van der Waals surface area contributed by atoms with Crippen LogP contribution in [-0.2, 0) is 9.59 Å². The molecule has 0 amide bonds. The molecule has 0 N–H and O–H groups in total. The fourth-order valence-corrected chi connectivity index (χ4v) is 1.50. The second-order valence-electron chi connectivity index (χ2n) is 3.28. The number of allylic oxidation sites excluding steroid dienone is 2. The summed E-state index contributed by atoms with van der Waals surface area (Å²) in [5.41, 5.74) is -0.300. The monoisotopic (exact) mass is 136 g/mol. The predicted molar refractivity (Wildman–Crippen MR) is 35.4 cm³/mol. The molecule has 0 radical (unpaired) electrons. The van der Waals surface area contributed by atoms with Crippen LogP contribution in [0.4, 0.5) is 0 Å². The van der Waals surface area contributed by atoms with Gasteiger partial charge in [0, 0.05) is 5.41 Å². The highest BCUT2D eigenvalue weighted by Gasteiger charge is 2.57. The van der Waals surface area contributed by atoms with E-state index in [0.717, 1.165) is 6.42 Å². The average molecular weight is 136 g/mol. The zero-order chi connectivity index (χ0) is 7.35. The lowest BCUT2D eigenvalue weighted by Gasteiger charge is -2.08. The van der Waals surface area contributed by atoms with Crippen LogP contribution in [0.5, 0.6) is 0 Å². The Kier molecular flexibility index (Phi) is 0.810. The molecule has 0 bridgehead atoms. The normalized spacial score (nSPS) is 43.5. The maximum Gasteiger partial charge on any atom is 0.221 e. The van der Waals surface area contributed by atoms with E-state index in [2.05, 4.69) is 0 Å². The van der Waals surface area contributed by atoms with Crippen molar-refractivity contribution in [3.63, 3.8) is 0 Å². The van der Waals surface area contributed by atoms with E-state index < -0.39 is 0 Å². The second kappa shape index (κ2) is 1.39. The Bertz CT molecular complexity index is 252. The standard InChI is InChI=1S/C8H8O2/c1-8-4-5(8)2-3-6(9)7(8)10/h2-3,5H,4H2,1H3/t5-,8+/m1/s1. The van der Waals surface area contributed by atoms with Gasteiger partial charge in [0.2, 0.25) is 11.6 Å². The number of carbonyl (C=O) groups is 2. The fraction of sp³-hybridized carbons (Fsp3) is 0.500. The molecule has 2 heteroatoms. The number of fused-ring (bicyclic) bond motifs is 1. The fourth-order valence-electron chi connectivity index (χ4n) is 1.50. The van der Waals surface area contributed by atoms with Crippen LogP contribution in [-0.4, -0.2) is 11.6 Å². The van der Waals surface area contributed by atoms with Crippen LogP contribution in [0.1, 0.15) is 13.3 Å². The van der Waals surface area contributed by atoms with Gasteiger partial charge in [-0.05, 0) is 18.4 Å². The van der Waals surface area contributed by atoms with Crippen molar-refractivity contribution in [2.45, 2.75) is 13.3 Å². The smallest absolute Gasteiger partial charge is 0.221 e. The van der Waals surface area contributed by atoms with Crippen molar-refractivity contribution in [2.75, 3.05) is 0 Å². The highest BCUT2D eigenvalue weighted by Crippen LogP contribution is 2.55. The van der Waals surface area contributed by atoms with Gasteiger partial charge < -0.3 is 0 Å². The minimum atomic E-state index is -0.323. The van der Waals surface area contributed by atoms with Gasteiger partial charge in [-0.3, -0.25) is 9.59 Å². The predicted octanol–water partition coefficient (Wildman–Crippen LogP) is 0.721. The van der Waals surface area contributed by atoms with Crippen LogP contribution in [0.3, 0.4) is 0 Å². The SMILES string of the molecule is C[C@]12C[C@H]1C=CC(=O)C2=O. The molecular weight excluding hydrogens is 128 g/mol. The first-order chi connectivity index (χ1) is 4.64. The van der Waals surface area contributed by atoms with Gasteiger partial charge in [-0.1, -0.05) is 13.0 Å². The van der Waals surface area contributed by atoms with Gasteiger partial charge in [-0.15, -0.1) is 0 Å². The summed E-state index contributed by atoms with van der Waals surface area (Å²) >= 11 is 0. The Labute approximate surface area is 58.9 Å². The molecule has 2 aliphatic carbocycles. The molecule has 2 atom stereocenters. The maximum absolute atomic E-state index is 11.1.